The Hall–Kier alpha value is -2.27. The number of thiazole rings is 1. The van der Waals surface area contributed by atoms with Crippen LogP contribution in [-0.2, 0) is 6.42 Å². The summed E-state index contributed by atoms with van der Waals surface area (Å²) in [5.74, 6) is -1.03. The van der Waals surface area contributed by atoms with E-state index in [0.29, 0.717) is 12.1 Å². The van der Waals surface area contributed by atoms with Crippen LogP contribution in [0.4, 0.5) is 8.78 Å². The van der Waals surface area contributed by atoms with Crippen molar-refractivity contribution in [2.24, 2.45) is 0 Å². The number of aromatic hydroxyl groups is 1. The summed E-state index contributed by atoms with van der Waals surface area (Å²) in [4.78, 5) is 4.30. The van der Waals surface area contributed by atoms with Gasteiger partial charge in [0.25, 0.3) is 0 Å². The van der Waals surface area contributed by atoms with E-state index < -0.39 is 11.6 Å². The van der Waals surface area contributed by atoms with Gasteiger partial charge in [-0.25, -0.2) is 13.8 Å². The molecule has 0 bridgehead atoms. The van der Waals surface area contributed by atoms with Crippen LogP contribution in [0.5, 0.6) is 5.75 Å². The summed E-state index contributed by atoms with van der Waals surface area (Å²) < 4.78 is 27.4. The quantitative estimate of drug-likeness (QED) is 0.778. The molecule has 0 aliphatic rings. The molecule has 5 heteroatoms. The number of nitrogens with zero attached hydrogens (tertiary/aromatic N) is 1. The molecule has 1 N–H and O–H groups in total. The van der Waals surface area contributed by atoms with Crippen molar-refractivity contribution in [3.05, 3.63) is 70.1 Å². The van der Waals surface area contributed by atoms with Gasteiger partial charge in [0, 0.05) is 11.8 Å². The molecule has 0 saturated heterocycles. The Morgan fingerprint density at radius 3 is 2.33 bits per heavy atom. The zero-order valence-electron chi connectivity index (χ0n) is 10.9. The molecule has 0 unspecified atom stereocenters. The molecular weight excluding hydrogens is 292 g/mol. The van der Waals surface area contributed by atoms with E-state index in [2.05, 4.69) is 4.98 Å². The first-order valence-electron chi connectivity index (χ1n) is 6.30. The minimum absolute atomic E-state index is 0.0919. The first-order valence-corrected chi connectivity index (χ1v) is 7.18. The number of rotatable bonds is 3. The standard InChI is InChI=1S/C16H11F2NOS/c17-12-2-1-3-13(18)16(12)14-9-21-15(19-14)8-10-4-6-11(20)7-5-10/h1-7,9,20H,8H2. The summed E-state index contributed by atoms with van der Waals surface area (Å²) in [5, 5.41) is 11.7. The number of phenols is 1. The van der Waals surface area contributed by atoms with Gasteiger partial charge >= 0.3 is 0 Å². The van der Waals surface area contributed by atoms with Crippen molar-refractivity contribution in [1.82, 2.24) is 4.98 Å². The van der Waals surface area contributed by atoms with Crippen LogP contribution in [0.2, 0.25) is 0 Å². The molecule has 0 aliphatic carbocycles. The number of hydrogen-bond donors (Lipinski definition) is 1. The van der Waals surface area contributed by atoms with Gasteiger partial charge in [0.2, 0.25) is 0 Å². The van der Waals surface area contributed by atoms with Gasteiger partial charge in [-0.3, -0.25) is 0 Å². The SMILES string of the molecule is Oc1ccc(Cc2nc(-c3c(F)cccc3F)cs2)cc1. The Bertz CT molecular complexity index is 748. The zero-order valence-corrected chi connectivity index (χ0v) is 11.7. The summed E-state index contributed by atoms with van der Waals surface area (Å²) in [6.07, 6.45) is 0.557. The maximum absolute atomic E-state index is 13.7. The second kappa shape index (κ2) is 5.61. The molecule has 2 aromatic carbocycles. The minimum atomic E-state index is -0.614. The van der Waals surface area contributed by atoms with Crippen molar-refractivity contribution in [3.63, 3.8) is 0 Å². The molecule has 21 heavy (non-hydrogen) atoms. The van der Waals surface area contributed by atoms with Crippen LogP contribution in [0, 0.1) is 11.6 Å². The fourth-order valence-corrected chi connectivity index (χ4v) is 2.86. The lowest BCUT2D eigenvalue weighted by atomic mass is 10.1. The van der Waals surface area contributed by atoms with Crippen molar-refractivity contribution in [2.75, 3.05) is 0 Å². The lowest BCUT2D eigenvalue weighted by Crippen LogP contribution is -1.91. The molecule has 1 aromatic heterocycles. The van der Waals surface area contributed by atoms with Crippen LogP contribution in [0.1, 0.15) is 10.6 Å². The Labute approximate surface area is 124 Å². The van der Waals surface area contributed by atoms with E-state index >= 15 is 0 Å². The maximum atomic E-state index is 13.7. The molecular formula is C16H11F2NOS. The van der Waals surface area contributed by atoms with Gasteiger partial charge in [0.05, 0.1) is 16.3 Å². The molecule has 0 aliphatic heterocycles. The lowest BCUT2D eigenvalue weighted by molar-refractivity contribution is 0.475. The molecule has 0 spiro atoms. The van der Waals surface area contributed by atoms with Gasteiger partial charge in [0.1, 0.15) is 17.4 Å². The van der Waals surface area contributed by atoms with E-state index in [4.69, 9.17) is 0 Å². The van der Waals surface area contributed by atoms with Crippen LogP contribution in [0.25, 0.3) is 11.3 Å². The topological polar surface area (TPSA) is 33.1 Å². The van der Waals surface area contributed by atoms with Gasteiger partial charge in [-0.15, -0.1) is 11.3 Å². The Morgan fingerprint density at radius 2 is 1.67 bits per heavy atom. The molecule has 3 aromatic rings. The highest BCUT2D eigenvalue weighted by Gasteiger charge is 2.14. The van der Waals surface area contributed by atoms with Gasteiger partial charge in [0.15, 0.2) is 0 Å². The van der Waals surface area contributed by atoms with E-state index in [1.54, 1.807) is 29.6 Å². The third-order valence-corrected chi connectivity index (χ3v) is 3.91. The molecule has 0 amide bonds. The number of hydrogen-bond acceptors (Lipinski definition) is 3. The average Bonchev–Trinajstić information content (AvgIpc) is 2.89. The number of benzene rings is 2. The second-order valence-electron chi connectivity index (χ2n) is 4.57. The van der Waals surface area contributed by atoms with Crippen LogP contribution < -0.4 is 0 Å². The zero-order chi connectivity index (χ0) is 14.8. The third-order valence-electron chi connectivity index (χ3n) is 3.06. The fraction of sp³-hybridized carbons (Fsp3) is 0.0625. The summed E-state index contributed by atoms with van der Waals surface area (Å²) >= 11 is 1.35. The Balaban J connectivity index is 1.88. The molecule has 0 saturated carbocycles. The molecule has 0 fully saturated rings. The van der Waals surface area contributed by atoms with Crippen molar-refractivity contribution < 1.29 is 13.9 Å². The smallest absolute Gasteiger partial charge is 0.135 e. The minimum Gasteiger partial charge on any atom is -0.508 e. The summed E-state index contributed by atoms with van der Waals surface area (Å²) in [6.45, 7) is 0. The van der Waals surface area contributed by atoms with Crippen LogP contribution in [-0.4, -0.2) is 10.1 Å². The first kappa shape index (κ1) is 13.7. The molecule has 0 radical (unpaired) electrons. The summed E-state index contributed by atoms with van der Waals surface area (Å²) in [6, 6.07) is 10.5. The summed E-state index contributed by atoms with van der Waals surface area (Å²) in [5.41, 5.74) is 1.19. The average molecular weight is 303 g/mol. The Kier molecular flexibility index (Phi) is 3.66. The van der Waals surface area contributed by atoms with Gasteiger partial charge in [-0.1, -0.05) is 18.2 Å². The van der Waals surface area contributed by atoms with Gasteiger partial charge in [-0.05, 0) is 29.8 Å². The van der Waals surface area contributed by atoms with E-state index in [1.165, 1.54) is 29.5 Å². The van der Waals surface area contributed by atoms with Crippen LogP contribution >= 0.6 is 11.3 Å². The van der Waals surface area contributed by atoms with Crippen LogP contribution in [0.3, 0.4) is 0 Å². The highest BCUT2D eigenvalue weighted by Crippen LogP contribution is 2.28. The predicted octanol–water partition coefficient (Wildman–Crippen LogP) is 4.38. The van der Waals surface area contributed by atoms with Crippen molar-refractivity contribution in [1.29, 1.82) is 0 Å². The number of halogens is 2. The number of aromatic nitrogens is 1. The monoisotopic (exact) mass is 303 g/mol. The molecule has 106 valence electrons. The number of phenolic OH excluding ortho intramolecular Hbond substituents is 1. The van der Waals surface area contributed by atoms with Gasteiger partial charge < -0.3 is 5.11 Å². The third kappa shape index (κ3) is 2.92. The second-order valence-corrected chi connectivity index (χ2v) is 5.51. The van der Waals surface area contributed by atoms with Crippen molar-refractivity contribution >= 4 is 11.3 Å². The molecule has 2 nitrogen and oxygen atoms in total. The molecule has 3 rings (SSSR count). The van der Waals surface area contributed by atoms with E-state index in [9.17, 15) is 13.9 Å². The van der Waals surface area contributed by atoms with Crippen LogP contribution in [0.15, 0.2) is 47.8 Å². The van der Waals surface area contributed by atoms with Gasteiger partial charge in [-0.2, -0.15) is 0 Å². The van der Waals surface area contributed by atoms with Crippen molar-refractivity contribution in [3.8, 4) is 17.0 Å². The highest BCUT2D eigenvalue weighted by molar-refractivity contribution is 7.10. The predicted molar refractivity (Wildman–Crippen MR) is 78.4 cm³/mol. The Morgan fingerprint density at radius 1 is 1.00 bits per heavy atom. The molecule has 0 atom stereocenters. The van der Waals surface area contributed by atoms with E-state index in [0.717, 1.165) is 10.6 Å². The van der Waals surface area contributed by atoms with E-state index in [-0.39, 0.29) is 11.3 Å². The largest absolute Gasteiger partial charge is 0.508 e. The summed E-state index contributed by atoms with van der Waals surface area (Å²) in [7, 11) is 0. The maximum Gasteiger partial charge on any atom is 0.135 e. The molecule has 1 heterocycles. The normalized spacial score (nSPS) is 10.8. The fourth-order valence-electron chi connectivity index (χ4n) is 2.04. The van der Waals surface area contributed by atoms with E-state index in [1.807, 2.05) is 0 Å². The first-order chi connectivity index (χ1) is 10.1. The highest BCUT2D eigenvalue weighted by atomic mass is 32.1. The van der Waals surface area contributed by atoms with Crippen molar-refractivity contribution in [2.45, 2.75) is 6.42 Å². The lowest BCUT2D eigenvalue weighted by Gasteiger charge is -2.01.